The second-order valence-corrected chi connectivity index (χ2v) is 2.55. The van der Waals surface area contributed by atoms with Crippen LogP contribution in [0.3, 0.4) is 0 Å². The highest BCUT2D eigenvalue weighted by Gasteiger charge is 2.05. The number of hydrogen-bond acceptors (Lipinski definition) is 4. The number of esters is 1. The lowest BCUT2D eigenvalue weighted by Gasteiger charge is -2.01. The molecule has 1 N–H and O–H groups in total. The summed E-state index contributed by atoms with van der Waals surface area (Å²) in [5.74, 6) is -0.949. The quantitative estimate of drug-likeness (QED) is 0.471. The van der Waals surface area contributed by atoms with E-state index < -0.39 is 0 Å². The van der Waals surface area contributed by atoms with Crippen molar-refractivity contribution in [3.8, 4) is 0 Å². The number of nitrogens with one attached hydrogen (secondary N) is 1. The topological polar surface area (TPSA) is 72.5 Å². The van der Waals surface area contributed by atoms with Gasteiger partial charge in [0.25, 0.3) is 0 Å². The first kappa shape index (κ1) is 11.6. The molecule has 0 aliphatic carbocycles. The van der Waals surface area contributed by atoms with Crippen molar-refractivity contribution in [1.29, 1.82) is 0 Å². The maximum atomic E-state index is 10.8. The fraction of sp³-hybridized carbons (Fsp3) is 0.625. The number of methoxy groups -OCH3 is 1. The van der Waals surface area contributed by atoms with Gasteiger partial charge in [-0.3, -0.25) is 14.4 Å². The Morgan fingerprint density at radius 3 is 2.38 bits per heavy atom. The second kappa shape index (κ2) is 6.16. The molecule has 0 aliphatic rings. The molecule has 5 heteroatoms. The fourth-order valence-electron chi connectivity index (χ4n) is 0.695. The second-order valence-electron chi connectivity index (χ2n) is 2.55. The third kappa shape index (κ3) is 6.99. The normalized spacial score (nSPS) is 9.08. The zero-order valence-corrected chi connectivity index (χ0v) is 7.75. The van der Waals surface area contributed by atoms with Gasteiger partial charge < -0.3 is 10.1 Å². The van der Waals surface area contributed by atoms with E-state index in [1.54, 1.807) is 0 Å². The summed E-state index contributed by atoms with van der Waals surface area (Å²) in [7, 11) is 1.28. The van der Waals surface area contributed by atoms with Gasteiger partial charge in [0, 0.05) is 6.54 Å². The van der Waals surface area contributed by atoms with E-state index in [1.165, 1.54) is 14.0 Å². The van der Waals surface area contributed by atoms with Gasteiger partial charge in [0.1, 0.15) is 5.78 Å². The summed E-state index contributed by atoms with van der Waals surface area (Å²) in [5, 5.41) is 2.42. The third-order valence-electron chi connectivity index (χ3n) is 1.29. The van der Waals surface area contributed by atoms with Crippen LogP contribution in [0.15, 0.2) is 0 Å². The summed E-state index contributed by atoms with van der Waals surface area (Å²) in [6, 6.07) is 0. The average molecular weight is 187 g/mol. The number of ether oxygens (including phenoxy) is 1. The van der Waals surface area contributed by atoms with Crippen LogP contribution in [0.1, 0.15) is 19.8 Å². The molecule has 0 radical (unpaired) electrons. The molecular weight excluding hydrogens is 174 g/mol. The van der Waals surface area contributed by atoms with Gasteiger partial charge in [-0.1, -0.05) is 0 Å². The Kier molecular flexibility index (Phi) is 5.50. The number of rotatable bonds is 5. The van der Waals surface area contributed by atoms with Gasteiger partial charge in [-0.2, -0.15) is 0 Å². The molecule has 1 amide bonds. The van der Waals surface area contributed by atoms with E-state index in [-0.39, 0.29) is 37.0 Å². The Bertz CT molecular complexity index is 212. The standard InChI is InChI=1S/C8H13NO4/c1-6(10)5-7(11)9-4-3-8(12)13-2/h3-5H2,1-2H3,(H,9,11). The fourth-order valence-corrected chi connectivity index (χ4v) is 0.695. The molecule has 0 aromatic rings. The Hall–Kier alpha value is -1.39. The smallest absolute Gasteiger partial charge is 0.307 e. The SMILES string of the molecule is COC(=O)CCNC(=O)CC(C)=O. The van der Waals surface area contributed by atoms with Crippen molar-refractivity contribution in [2.45, 2.75) is 19.8 Å². The third-order valence-corrected chi connectivity index (χ3v) is 1.29. The number of carbonyl (C=O) groups excluding carboxylic acids is 3. The van der Waals surface area contributed by atoms with E-state index in [0.717, 1.165) is 0 Å². The zero-order valence-electron chi connectivity index (χ0n) is 7.75. The molecule has 5 nitrogen and oxygen atoms in total. The van der Waals surface area contributed by atoms with Crippen molar-refractivity contribution in [2.75, 3.05) is 13.7 Å². The Morgan fingerprint density at radius 1 is 1.31 bits per heavy atom. The van der Waals surface area contributed by atoms with Crippen molar-refractivity contribution in [1.82, 2.24) is 5.32 Å². The molecule has 0 aromatic heterocycles. The summed E-state index contributed by atoms with van der Waals surface area (Å²) in [6.07, 6.45) is -0.0126. The van der Waals surface area contributed by atoms with Gasteiger partial charge in [0.05, 0.1) is 20.0 Å². The van der Waals surface area contributed by atoms with Crippen LogP contribution < -0.4 is 5.32 Å². The molecule has 74 valence electrons. The molecule has 0 aliphatic heterocycles. The first-order valence-electron chi connectivity index (χ1n) is 3.89. The lowest BCUT2D eigenvalue weighted by molar-refractivity contribution is -0.140. The van der Waals surface area contributed by atoms with E-state index in [0.29, 0.717) is 0 Å². The van der Waals surface area contributed by atoms with Crippen molar-refractivity contribution < 1.29 is 19.1 Å². The summed E-state index contributed by atoms with van der Waals surface area (Å²) in [6.45, 7) is 1.54. The van der Waals surface area contributed by atoms with Crippen molar-refractivity contribution >= 4 is 17.7 Å². The van der Waals surface area contributed by atoms with Crippen LogP contribution in [0.5, 0.6) is 0 Å². The highest BCUT2D eigenvalue weighted by atomic mass is 16.5. The largest absolute Gasteiger partial charge is 0.469 e. The van der Waals surface area contributed by atoms with E-state index in [4.69, 9.17) is 0 Å². The zero-order chi connectivity index (χ0) is 10.3. The number of hydrogen-bond donors (Lipinski definition) is 1. The van der Waals surface area contributed by atoms with E-state index in [2.05, 4.69) is 10.1 Å². The number of carbonyl (C=O) groups is 3. The number of ketones is 1. The summed E-state index contributed by atoms with van der Waals surface area (Å²) in [5.41, 5.74) is 0. The molecule has 0 saturated carbocycles. The van der Waals surface area contributed by atoms with Crippen molar-refractivity contribution in [3.63, 3.8) is 0 Å². The molecule has 0 heterocycles. The number of amides is 1. The van der Waals surface area contributed by atoms with Gasteiger partial charge in [-0.15, -0.1) is 0 Å². The lowest BCUT2D eigenvalue weighted by atomic mass is 10.3. The van der Waals surface area contributed by atoms with Crippen LogP contribution in [0.25, 0.3) is 0 Å². The lowest BCUT2D eigenvalue weighted by Crippen LogP contribution is -2.27. The van der Waals surface area contributed by atoms with Gasteiger partial charge in [-0.05, 0) is 6.92 Å². The minimum absolute atomic E-state index is 0.125. The summed E-state index contributed by atoms with van der Waals surface area (Å²) < 4.78 is 4.36. The first-order valence-corrected chi connectivity index (χ1v) is 3.89. The van der Waals surface area contributed by atoms with E-state index in [1.807, 2.05) is 0 Å². The van der Waals surface area contributed by atoms with Crippen molar-refractivity contribution in [2.24, 2.45) is 0 Å². The van der Waals surface area contributed by atoms with Crippen LogP contribution in [-0.2, 0) is 19.1 Å². The predicted molar refractivity (Wildman–Crippen MR) is 44.9 cm³/mol. The molecule has 0 rings (SSSR count). The molecular formula is C8H13NO4. The van der Waals surface area contributed by atoms with Gasteiger partial charge >= 0.3 is 5.97 Å². The molecule has 0 saturated heterocycles. The predicted octanol–water partition coefficient (Wildman–Crippen LogP) is -0.355. The Morgan fingerprint density at radius 2 is 1.92 bits per heavy atom. The van der Waals surface area contributed by atoms with Gasteiger partial charge in [0.15, 0.2) is 0 Å². The van der Waals surface area contributed by atoms with Crippen molar-refractivity contribution in [3.05, 3.63) is 0 Å². The van der Waals surface area contributed by atoms with Crippen LogP contribution in [0.2, 0.25) is 0 Å². The molecule has 0 unspecified atom stereocenters. The van der Waals surface area contributed by atoms with Gasteiger partial charge in [-0.25, -0.2) is 0 Å². The van der Waals surface area contributed by atoms with E-state index in [9.17, 15) is 14.4 Å². The van der Waals surface area contributed by atoms with Crippen LogP contribution in [0, 0.1) is 0 Å². The molecule has 0 fully saturated rings. The van der Waals surface area contributed by atoms with Crippen LogP contribution >= 0.6 is 0 Å². The molecule has 0 aromatic carbocycles. The van der Waals surface area contributed by atoms with Crippen LogP contribution in [0.4, 0.5) is 0 Å². The highest BCUT2D eigenvalue weighted by molar-refractivity contribution is 5.96. The maximum absolute atomic E-state index is 10.8. The Balaban J connectivity index is 3.48. The monoisotopic (exact) mass is 187 g/mol. The summed E-state index contributed by atoms with van der Waals surface area (Å²) >= 11 is 0. The molecule has 13 heavy (non-hydrogen) atoms. The minimum Gasteiger partial charge on any atom is -0.469 e. The highest BCUT2D eigenvalue weighted by Crippen LogP contribution is 1.84. The molecule has 0 bridgehead atoms. The molecule has 0 atom stereocenters. The molecule has 0 spiro atoms. The minimum atomic E-state index is -0.386. The average Bonchev–Trinajstić information content (AvgIpc) is 2.02. The maximum Gasteiger partial charge on any atom is 0.307 e. The first-order chi connectivity index (χ1) is 6.06. The summed E-state index contributed by atoms with van der Waals surface area (Å²) in [4.78, 5) is 31.9. The van der Waals surface area contributed by atoms with E-state index >= 15 is 0 Å². The van der Waals surface area contributed by atoms with Crippen LogP contribution in [-0.4, -0.2) is 31.3 Å². The number of Topliss-reactive ketones (excluding diaryl/α,β-unsaturated/α-hetero) is 1. The Labute approximate surface area is 76.4 Å². The van der Waals surface area contributed by atoms with Gasteiger partial charge in [0.2, 0.25) is 5.91 Å².